The van der Waals surface area contributed by atoms with Crippen LogP contribution in [0.1, 0.15) is 12.6 Å². The SMILES string of the molecule is CC1CN(c2cc(CCl)nc3ccccc23)CCO1. The van der Waals surface area contributed by atoms with E-state index in [4.69, 9.17) is 16.3 Å². The maximum absolute atomic E-state index is 5.96. The van der Waals surface area contributed by atoms with E-state index in [0.29, 0.717) is 5.88 Å². The van der Waals surface area contributed by atoms with Crippen LogP contribution in [0.2, 0.25) is 0 Å². The number of aromatic nitrogens is 1. The monoisotopic (exact) mass is 276 g/mol. The van der Waals surface area contributed by atoms with Crippen LogP contribution in [0, 0.1) is 0 Å². The Bertz CT molecular complexity index is 587. The Morgan fingerprint density at radius 3 is 3.05 bits per heavy atom. The third-order valence-electron chi connectivity index (χ3n) is 3.47. The molecule has 4 heteroatoms. The van der Waals surface area contributed by atoms with Gasteiger partial charge in [0.2, 0.25) is 0 Å². The molecule has 0 radical (unpaired) electrons. The van der Waals surface area contributed by atoms with Crippen LogP contribution in [0.15, 0.2) is 30.3 Å². The van der Waals surface area contributed by atoms with Crippen LogP contribution in [0.3, 0.4) is 0 Å². The quantitative estimate of drug-likeness (QED) is 0.788. The second-order valence-corrected chi connectivity index (χ2v) is 5.18. The van der Waals surface area contributed by atoms with Gasteiger partial charge in [0.25, 0.3) is 0 Å². The van der Waals surface area contributed by atoms with Gasteiger partial charge in [0.1, 0.15) is 0 Å². The number of anilines is 1. The maximum atomic E-state index is 5.96. The first-order chi connectivity index (χ1) is 9.28. The Balaban J connectivity index is 2.10. The van der Waals surface area contributed by atoms with E-state index >= 15 is 0 Å². The standard InChI is InChI=1S/C15H17ClN2O/c1-11-10-18(6-7-19-11)15-8-12(9-16)17-14-5-3-2-4-13(14)15/h2-5,8,11H,6-7,9-10H2,1H3. The molecule has 1 fully saturated rings. The normalized spacial score (nSPS) is 19.9. The highest BCUT2D eigenvalue weighted by atomic mass is 35.5. The van der Waals surface area contributed by atoms with Crippen molar-refractivity contribution in [1.82, 2.24) is 4.98 Å². The van der Waals surface area contributed by atoms with Crippen LogP contribution >= 0.6 is 11.6 Å². The minimum absolute atomic E-state index is 0.264. The van der Waals surface area contributed by atoms with Crippen molar-refractivity contribution in [3.05, 3.63) is 36.0 Å². The minimum atomic E-state index is 0.264. The van der Waals surface area contributed by atoms with Crippen LogP contribution in [-0.4, -0.2) is 30.8 Å². The Hall–Kier alpha value is -1.32. The molecule has 0 aliphatic carbocycles. The smallest absolute Gasteiger partial charge is 0.0726 e. The average Bonchev–Trinajstić information content (AvgIpc) is 2.46. The molecule has 2 aromatic rings. The summed E-state index contributed by atoms with van der Waals surface area (Å²) in [4.78, 5) is 6.95. The zero-order valence-corrected chi connectivity index (χ0v) is 11.7. The van der Waals surface area contributed by atoms with E-state index in [9.17, 15) is 0 Å². The van der Waals surface area contributed by atoms with Crippen molar-refractivity contribution in [1.29, 1.82) is 0 Å². The molecule has 100 valence electrons. The van der Waals surface area contributed by atoms with Crippen molar-refractivity contribution < 1.29 is 4.74 Å². The summed E-state index contributed by atoms with van der Waals surface area (Å²) in [6, 6.07) is 10.3. The maximum Gasteiger partial charge on any atom is 0.0726 e. The predicted octanol–water partition coefficient (Wildman–Crippen LogP) is 3.20. The molecule has 1 unspecified atom stereocenters. The van der Waals surface area contributed by atoms with Crippen molar-refractivity contribution in [2.45, 2.75) is 18.9 Å². The van der Waals surface area contributed by atoms with E-state index in [1.165, 1.54) is 11.1 Å². The van der Waals surface area contributed by atoms with Crippen molar-refractivity contribution in [3.8, 4) is 0 Å². The lowest BCUT2D eigenvalue weighted by molar-refractivity contribution is 0.0533. The van der Waals surface area contributed by atoms with Gasteiger partial charge in [-0.05, 0) is 19.1 Å². The topological polar surface area (TPSA) is 25.4 Å². The van der Waals surface area contributed by atoms with E-state index < -0.39 is 0 Å². The molecule has 2 heterocycles. The summed E-state index contributed by atoms with van der Waals surface area (Å²) in [5.41, 5.74) is 3.15. The molecule has 0 spiro atoms. The van der Waals surface area contributed by atoms with E-state index in [1.54, 1.807) is 0 Å². The van der Waals surface area contributed by atoms with E-state index in [1.807, 2.05) is 12.1 Å². The first-order valence-electron chi connectivity index (χ1n) is 6.59. The number of benzene rings is 1. The molecule has 0 saturated carbocycles. The molecular formula is C15H17ClN2O. The summed E-state index contributed by atoms with van der Waals surface area (Å²) in [6.45, 7) is 4.71. The molecule has 19 heavy (non-hydrogen) atoms. The van der Waals surface area contributed by atoms with Crippen LogP contribution in [0.4, 0.5) is 5.69 Å². The molecule has 1 aliphatic heterocycles. The number of hydrogen-bond donors (Lipinski definition) is 0. The minimum Gasteiger partial charge on any atom is -0.375 e. The fourth-order valence-electron chi connectivity index (χ4n) is 2.58. The summed E-state index contributed by atoms with van der Waals surface area (Å²) >= 11 is 5.96. The molecule has 1 aromatic heterocycles. The number of halogens is 1. The van der Waals surface area contributed by atoms with Crippen molar-refractivity contribution in [2.24, 2.45) is 0 Å². The summed E-state index contributed by atoms with van der Waals surface area (Å²) in [6.07, 6.45) is 0.264. The number of pyridine rings is 1. The predicted molar refractivity (Wildman–Crippen MR) is 78.9 cm³/mol. The van der Waals surface area contributed by atoms with E-state index in [-0.39, 0.29) is 6.10 Å². The Morgan fingerprint density at radius 2 is 2.26 bits per heavy atom. The van der Waals surface area contributed by atoms with Gasteiger partial charge in [0.05, 0.1) is 29.8 Å². The lowest BCUT2D eigenvalue weighted by Crippen LogP contribution is -2.41. The zero-order chi connectivity index (χ0) is 13.2. The molecule has 0 bridgehead atoms. The molecule has 1 aliphatic rings. The summed E-state index contributed by atoms with van der Waals surface area (Å²) < 4.78 is 5.61. The Labute approximate surface area is 118 Å². The van der Waals surface area contributed by atoms with Gasteiger partial charge < -0.3 is 9.64 Å². The number of morpholine rings is 1. The zero-order valence-electron chi connectivity index (χ0n) is 11.0. The summed E-state index contributed by atoms with van der Waals surface area (Å²) in [7, 11) is 0. The lowest BCUT2D eigenvalue weighted by atomic mass is 10.1. The molecule has 3 rings (SSSR count). The van der Waals surface area contributed by atoms with Crippen LogP contribution in [-0.2, 0) is 10.6 Å². The number of ether oxygens (including phenoxy) is 1. The molecule has 1 aromatic carbocycles. The Morgan fingerprint density at radius 1 is 1.42 bits per heavy atom. The summed E-state index contributed by atoms with van der Waals surface area (Å²) in [5, 5.41) is 1.19. The van der Waals surface area contributed by atoms with E-state index in [2.05, 4.69) is 35.0 Å². The largest absolute Gasteiger partial charge is 0.375 e. The average molecular weight is 277 g/mol. The van der Waals surface area contributed by atoms with Gasteiger partial charge in [-0.2, -0.15) is 0 Å². The van der Waals surface area contributed by atoms with Gasteiger partial charge >= 0.3 is 0 Å². The molecular weight excluding hydrogens is 260 g/mol. The highest BCUT2D eigenvalue weighted by Gasteiger charge is 2.19. The number of alkyl halides is 1. The molecule has 1 atom stereocenters. The highest BCUT2D eigenvalue weighted by Crippen LogP contribution is 2.28. The first-order valence-corrected chi connectivity index (χ1v) is 7.12. The summed E-state index contributed by atoms with van der Waals surface area (Å²) in [5.74, 6) is 0.442. The number of rotatable bonds is 2. The van der Waals surface area contributed by atoms with E-state index in [0.717, 1.165) is 30.9 Å². The second-order valence-electron chi connectivity index (χ2n) is 4.91. The van der Waals surface area contributed by atoms with Gasteiger partial charge in [-0.3, -0.25) is 4.98 Å². The fourth-order valence-corrected chi connectivity index (χ4v) is 2.71. The molecule has 0 N–H and O–H groups in total. The lowest BCUT2D eigenvalue weighted by Gasteiger charge is -2.33. The molecule has 3 nitrogen and oxygen atoms in total. The third-order valence-corrected chi connectivity index (χ3v) is 3.74. The second kappa shape index (κ2) is 5.35. The highest BCUT2D eigenvalue weighted by molar-refractivity contribution is 6.17. The van der Waals surface area contributed by atoms with Crippen LogP contribution in [0.5, 0.6) is 0 Å². The molecule has 1 saturated heterocycles. The van der Waals surface area contributed by atoms with Crippen molar-refractivity contribution in [2.75, 3.05) is 24.6 Å². The third kappa shape index (κ3) is 2.53. The van der Waals surface area contributed by atoms with Crippen molar-refractivity contribution >= 4 is 28.2 Å². The van der Waals surface area contributed by atoms with Gasteiger partial charge in [-0.15, -0.1) is 11.6 Å². The van der Waals surface area contributed by atoms with Gasteiger partial charge in [0.15, 0.2) is 0 Å². The van der Waals surface area contributed by atoms with Crippen LogP contribution < -0.4 is 4.90 Å². The number of para-hydroxylation sites is 1. The van der Waals surface area contributed by atoms with Crippen LogP contribution in [0.25, 0.3) is 10.9 Å². The number of nitrogens with zero attached hydrogens (tertiary/aromatic N) is 2. The molecule has 0 amide bonds. The van der Waals surface area contributed by atoms with Crippen molar-refractivity contribution in [3.63, 3.8) is 0 Å². The fraction of sp³-hybridized carbons (Fsp3) is 0.400. The number of fused-ring (bicyclic) bond motifs is 1. The van der Waals surface area contributed by atoms with Gasteiger partial charge in [-0.1, -0.05) is 18.2 Å². The van der Waals surface area contributed by atoms with Gasteiger partial charge in [-0.25, -0.2) is 0 Å². The van der Waals surface area contributed by atoms with Gasteiger partial charge in [0, 0.05) is 24.2 Å². The first kappa shape index (κ1) is 12.7. The number of hydrogen-bond acceptors (Lipinski definition) is 3. The Kier molecular flexibility index (Phi) is 3.58.